The second-order valence-corrected chi connectivity index (χ2v) is 5.80. The van der Waals surface area contributed by atoms with Crippen LogP contribution in [0.5, 0.6) is 0 Å². The van der Waals surface area contributed by atoms with Gasteiger partial charge in [-0.1, -0.05) is 0 Å². The van der Waals surface area contributed by atoms with E-state index in [1.54, 1.807) is 4.68 Å². The summed E-state index contributed by atoms with van der Waals surface area (Å²) in [6.45, 7) is 4.71. The molecule has 1 amide bonds. The lowest BCUT2D eigenvalue weighted by molar-refractivity contribution is 0.150. The molecule has 2 aromatic heterocycles. The number of hydrogen-bond donors (Lipinski definition) is 0. The van der Waals surface area contributed by atoms with Crippen LogP contribution in [0.15, 0.2) is 6.20 Å². The Labute approximate surface area is 127 Å². The largest absolute Gasteiger partial charge is 0.448 e. The van der Waals surface area contributed by atoms with Crippen molar-refractivity contribution in [1.82, 2.24) is 24.6 Å². The molecule has 0 aliphatic carbocycles. The first-order valence-corrected chi connectivity index (χ1v) is 7.48. The van der Waals surface area contributed by atoms with Gasteiger partial charge in [-0.2, -0.15) is 5.10 Å². The molecule has 0 spiro atoms. The summed E-state index contributed by atoms with van der Waals surface area (Å²) in [5.41, 5.74) is 0.839. The summed E-state index contributed by atoms with van der Waals surface area (Å²) in [6.07, 6.45) is 2.54. The van der Waals surface area contributed by atoms with Gasteiger partial charge in [-0.25, -0.2) is 14.8 Å². The standard InChI is InChI=1S/C14H18N6O2/c1-9-16-12-11(7-15-18(12)2)13(17-9)19-4-3-10(8-19)20-5-6-22-14(20)21/h7,10H,3-6,8H2,1-2H3. The van der Waals surface area contributed by atoms with Crippen LogP contribution in [0, 0.1) is 6.92 Å². The zero-order valence-corrected chi connectivity index (χ0v) is 12.7. The van der Waals surface area contributed by atoms with Gasteiger partial charge in [0.1, 0.15) is 18.2 Å². The Kier molecular flexibility index (Phi) is 2.91. The molecule has 1 atom stereocenters. The molecule has 1 unspecified atom stereocenters. The third-order valence-electron chi connectivity index (χ3n) is 4.38. The molecule has 116 valence electrons. The van der Waals surface area contributed by atoms with E-state index >= 15 is 0 Å². The Bertz CT molecular complexity index is 742. The third-order valence-corrected chi connectivity index (χ3v) is 4.38. The van der Waals surface area contributed by atoms with Crippen molar-refractivity contribution < 1.29 is 9.53 Å². The highest BCUT2D eigenvalue weighted by Crippen LogP contribution is 2.28. The van der Waals surface area contributed by atoms with E-state index in [2.05, 4.69) is 20.0 Å². The average Bonchev–Trinajstić information content (AvgIpc) is 3.19. The molecular weight excluding hydrogens is 284 g/mol. The molecule has 8 heteroatoms. The lowest BCUT2D eigenvalue weighted by Gasteiger charge is -2.22. The number of ether oxygens (including phenoxy) is 1. The molecule has 4 heterocycles. The first-order chi connectivity index (χ1) is 10.6. The van der Waals surface area contributed by atoms with Crippen molar-refractivity contribution >= 4 is 22.9 Å². The quantitative estimate of drug-likeness (QED) is 0.813. The minimum atomic E-state index is -0.197. The highest BCUT2D eigenvalue weighted by atomic mass is 16.6. The van der Waals surface area contributed by atoms with Gasteiger partial charge in [0.2, 0.25) is 0 Å². The average molecular weight is 302 g/mol. The molecule has 2 fully saturated rings. The van der Waals surface area contributed by atoms with Crippen LogP contribution in [0.25, 0.3) is 11.0 Å². The normalized spacial score (nSPS) is 21.9. The number of carbonyl (C=O) groups excluding carboxylic acids is 1. The van der Waals surface area contributed by atoms with Crippen molar-refractivity contribution in [2.24, 2.45) is 7.05 Å². The fraction of sp³-hybridized carbons (Fsp3) is 0.571. The number of hydrogen-bond acceptors (Lipinski definition) is 6. The van der Waals surface area contributed by atoms with E-state index < -0.39 is 0 Å². The van der Waals surface area contributed by atoms with E-state index in [0.717, 1.165) is 42.2 Å². The number of rotatable bonds is 2. The molecular formula is C14H18N6O2. The van der Waals surface area contributed by atoms with Crippen LogP contribution >= 0.6 is 0 Å². The van der Waals surface area contributed by atoms with Gasteiger partial charge in [0.25, 0.3) is 0 Å². The highest BCUT2D eigenvalue weighted by molar-refractivity contribution is 5.87. The molecule has 0 bridgehead atoms. The molecule has 2 saturated heterocycles. The second kappa shape index (κ2) is 4.82. The number of amides is 1. The summed E-state index contributed by atoms with van der Waals surface area (Å²) in [4.78, 5) is 24.8. The van der Waals surface area contributed by atoms with Gasteiger partial charge in [-0.3, -0.25) is 9.58 Å². The molecule has 22 heavy (non-hydrogen) atoms. The van der Waals surface area contributed by atoms with E-state index in [-0.39, 0.29) is 12.1 Å². The van der Waals surface area contributed by atoms with Crippen molar-refractivity contribution in [3.05, 3.63) is 12.0 Å². The molecule has 2 aliphatic rings. The lowest BCUT2D eigenvalue weighted by Crippen LogP contribution is -2.38. The van der Waals surface area contributed by atoms with Crippen molar-refractivity contribution in [2.75, 3.05) is 31.1 Å². The van der Waals surface area contributed by atoms with E-state index in [9.17, 15) is 4.79 Å². The predicted octanol–water partition coefficient (Wildman–Crippen LogP) is 0.703. The summed E-state index contributed by atoms with van der Waals surface area (Å²) in [5, 5.41) is 5.24. The molecule has 4 rings (SSSR count). The topological polar surface area (TPSA) is 76.4 Å². The van der Waals surface area contributed by atoms with E-state index in [4.69, 9.17) is 4.74 Å². The number of aryl methyl sites for hydroxylation is 2. The highest BCUT2D eigenvalue weighted by Gasteiger charge is 2.35. The van der Waals surface area contributed by atoms with Crippen LogP contribution in [0.2, 0.25) is 0 Å². The third kappa shape index (κ3) is 1.98. The van der Waals surface area contributed by atoms with Crippen molar-refractivity contribution in [3.63, 3.8) is 0 Å². The maximum absolute atomic E-state index is 11.7. The minimum Gasteiger partial charge on any atom is -0.448 e. The van der Waals surface area contributed by atoms with E-state index in [1.807, 2.05) is 25.1 Å². The molecule has 0 N–H and O–H groups in total. The summed E-state index contributed by atoms with van der Waals surface area (Å²) in [5.74, 6) is 1.64. The minimum absolute atomic E-state index is 0.192. The van der Waals surface area contributed by atoms with Gasteiger partial charge in [0.15, 0.2) is 5.65 Å². The van der Waals surface area contributed by atoms with E-state index in [1.165, 1.54) is 0 Å². The molecule has 2 aromatic rings. The van der Waals surface area contributed by atoms with Crippen molar-refractivity contribution in [2.45, 2.75) is 19.4 Å². The zero-order valence-electron chi connectivity index (χ0n) is 12.7. The predicted molar refractivity (Wildman–Crippen MR) is 79.7 cm³/mol. The molecule has 0 saturated carbocycles. The van der Waals surface area contributed by atoms with Crippen LogP contribution in [-0.2, 0) is 11.8 Å². The van der Waals surface area contributed by atoms with Gasteiger partial charge in [0, 0.05) is 20.1 Å². The number of aromatic nitrogens is 4. The fourth-order valence-corrected chi connectivity index (χ4v) is 3.28. The van der Waals surface area contributed by atoms with Crippen molar-refractivity contribution in [1.29, 1.82) is 0 Å². The summed E-state index contributed by atoms with van der Waals surface area (Å²) >= 11 is 0. The maximum atomic E-state index is 11.7. The van der Waals surface area contributed by atoms with Gasteiger partial charge < -0.3 is 9.64 Å². The first kappa shape index (κ1) is 13.3. The zero-order chi connectivity index (χ0) is 15.3. The van der Waals surface area contributed by atoms with Gasteiger partial charge in [0.05, 0.1) is 24.2 Å². The van der Waals surface area contributed by atoms with Crippen LogP contribution in [0.3, 0.4) is 0 Å². The number of anilines is 1. The Balaban J connectivity index is 1.64. The molecule has 8 nitrogen and oxygen atoms in total. The van der Waals surface area contributed by atoms with Crippen LogP contribution in [0.4, 0.5) is 10.6 Å². The van der Waals surface area contributed by atoms with Gasteiger partial charge in [-0.05, 0) is 13.3 Å². The van der Waals surface area contributed by atoms with Gasteiger partial charge in [-0.15, -0.1) is 0 Å². The summed E-state index contributed by atoms with van der Waals surface area (Å²) in [6, 6.07) is 0.192. The Morgan fingerprint density at radius 2 is 2.18 bits per heavy atom. The number of carbonyl (C=O) groups is 1. The lowest BCUT2D eigenvalue weighted by atomic mass is 10.2. The Morgan fingerprint density at radius 3 is 2.95 bits per heavy atom. The SMILES string of the molecule is Cc1nc(N2CCC(N3CCOC3=O)C2)c2cnn(C)c2n1. The Hall–Kier alpha value is -2.38. The molecule has 0 aromatic carbocycles. The fourth-order valence-electron chi connectivity index (χ4n) is 3.28. The second-order valence-electron chi connectivity index (χ2n) is 5.80. The number of nitrogens with zero attached hydrogens (tertiary/aromatic N) is 6. The number of fused-ring (bicyclic) bond motifs is 1. The van der Waals surface area contributed by atoms with Crippen molar-refractivity contribution in [3.8, 4) is 0 Å². The molecule has 2 aliphatic heterocycles. The summed E-state index contributed by atoms with van der Waals surface area (Å²) in [7, 11) is 1.88. The Morgan fingerprint density at radius 1 is 1.32 bits per heavy atom. The molecule has 0 radical (unpaired) electrons. The summed E-state index contributed by atoms with van der Waals surface area (Å²) < 4.78 is 6.80. The monoisotopic (exact) mass is 302 g/mol. The smallest absolute Gasteiger partial charge is 0.410 e. The van der Waals surface area contributed by atoms with Crippen LogP contribution in [0.1, 0.15) is 12.2 Å². The van der Waals surface area contributed by atoms with Crippen LogP contribution < -0.4 is 4.90 Å². The van der Waals surface area contributed by atoms with E-state index in [0.29, 0.717) is 13.2 Å². The number of cyclic esters (lactones) is 1. The van der Waals surface area contributed by atoms with Gasteiger partial charge >= 0.3 is 6.09 Å². The first-order valence-electron chi connectivity index (χ1n) is 7.48. The maximum Gasteiger partial charge on any atom is 0.410 e. The van der Waals surface area contributed by atoms with Crippen LogP contribution in [-0.4, -0.2) is 63.0 Å².